The van der Waals surface area contributed by atoms with E-state index in [9.17, 15) is 18.0 Å². The Morgan fingerprint density at radius 1 is 1.43 bits per heavy atom. The molecule has 0 aliphatic rings. The maximum atomic E-state index is 12.6. The van der Waals surface area contributed by atoms with Crippen molar-refractivity contribution in [1.82, 2.24) is 0 Å². The average Bonchev–Trinajstić information content (AvgIpc) is 2.37. The topological polar surface area (TPSA) is 64.3 Å². The highest BCUT2D eigenvalue weighted by Crippen LogP contribution is 2.31. The summed E-state index contributed by atoms with van der Waals surface area (Å²) in [5.41, 5.74) is 4.70. The fourth-order valence-electron chi connectivity index (χ4n) is 1.62. The molecule has 116 valence electrons. The lowest BCUT2D eigenvalue weighted by Gasteiger charge is -2.13. The molecule has 21 heavy (non-hydrogen) atoms. The molecule has 0 bridgehead atoms. The molecule has 0 radical (unpaired) electrons. The Hall–Kier alpha value is -1.67. The normalized spacial score (nSPS) is 11.2. The second-order valence-corrected chi connectivity index (χ2v) is 4.71. The Morgan fingerprint density at radius 3 is 2.62 bits per heavy atom. The number of hydrogen-bond acceptors (Lipinski definition) is 3. The summed E-state index contributed by atoms with van der Waals surface area (Å²) in [7, 11) is 1.51. The van der Waals surface area contributed by atoms with Gasteiger partial charge in [-0.3, -0.25) is 4.79 Å². The second-order valence-electron chi connectivity index (χ2n) is 4.27. The molecule has 0 aliphatic heterocycles. The molecule has 0 saturated heterocycles. The smallest absolute Gasteiger partial charge is 0.389 e. The molecule has 0 unspecified atom stereocenters. The van der Waals surface area contributed by atoms with Gasteiger partial charge in [-0.25, -0.2) is 0 Å². The van der Waals surface area contributed by atoms with Gasteiger partial charge in [0, 0.05) is 25.7 Å². The first-order valence-electron chi connectivity index (χ1n) is 6.05. The molecule has 8 heteroatoms. The lowest BCUT2D eigenvalue weighted by molar-refractivity contribution is -0.137. The minimum absolute atomic E-state index is 0.0140. The second kappa shape index (κ2) is 7.37. The molecule has 0 spiro atoms. The Morgan fingerprint density at radius 2 is 2.10 bits per heavy atom. The van der Waals surface area contributed by atoms with Crippen molar-refractivity contribution in [3.05, 3.63) is 29.3 Å². The number of alkyl halides is 3. The number of benzene rings is 1. The summed E-state index contributed by atoms with van der Waals surface area (Å²) in [6.07, 6.45) is -3.81. The van der Waals surface area contributed by atoms with Crippen LogP contribution < -0.4 is 11.1 Å². The van der Waals surface area contributed by atoms with Crippen molar-refractivity contribution in [3.63, 3.8) is 0 Å². The molecule has 3 N–H and O–H groups in total. The first-order valence-corrected chi connectivity index (χ1v) is 6.46. The van der Waals surface area contributed by atoms with Crippen LogP contribution in [-0.4, -0.2) is 24.6 Å². The number of anilines is 1. The van der Waals surface area contributed by atoms with E-state index < -0.39 is 11.7 Å². The summed E-state index contributed by atoms with van der Waals surface area (Å²) in [5, 5.41) is 2.50. The van der Waals surface area contributed by atoms with Gasteiger partial charge in [-0.15, -0.1) is 0 Å². The van der Waals surface area contributed by atoms with Crippen LogP contribution in [0.25, 0.3) is 0 Å². The highest BCUT2D eigenvalue weighted by molar-refractivity contribution is 7.80. The Bertz CT molecular complexity index is 533. The Labute approximate surface area is 125 Å². The summed E-state index contributed by atoms with van der Waals surface area (Å²) in [5.74, 6) is -0.343. The van der Waals surface area contributed by atoms with E-state index in [-0.39, 0.29) is 28.6 Å². The number of hydrogen-bond donors (Lipinski definition) is 2. The predicted molar refractivity (Wildman–Crippen MR) is 77.1 cm³/mol. The van der Waals surface area contributed by atoms with Crippen molar-refractivity contribution in [3.8, 4) is 0 Å². The number of nitrogens with two attached hydrogens (primary N) is 1. The van der Waals surface area contributed by atoms with Gasteiger partial charge in [-0.2, -0.15) is 13.2 Å². The van der Waals surface area contributed by atoms with Crippen LogP contribution in [0.2, 0.25) is 0 Å². The van der Waals surface area contributed by atoms with Crippen molar-refractivity contribution >= 4 is 28.8 Å². The van der Waals surface area contributed by atoms with Gasteiger partial charge in [0.15, 0.2) is 0 Å². The molecular formula is C13H15F3N2O2S. The molecule has 1 aromatic rings. The zero-order chi connectivity index (χ0) is 16.0. The number of thiocarbonyl (C=S) groups is 1. The van der Waals surface area contributed by atoms with Crippen LogP contribution in [-0.2, 0) is 15.7 Å². The zero-order valence-corrected chi connectivity index (χ0v) is 12.1. The summed E-state index contributed by atoms with van der Waals surface area (Å²) < 4.78 is 42.7. The van der Waals surface area contributed by atoms with E-state index >= 15 is 0 Å². The number of carbonyl (C=O) groups is 1. The number of nitrogens with one attached hydrogen (secondary N) is 1. The van der Waals surface area contributed by atoms with Crippen molar-refractivity contribution < 1.29 is 22.7 Å². The third-order valence-electron chi connectivity index (χ3n) is 2.64. The molecular weight excluding hydrogens is 305 g/mol. The van der Waals surface area contributed by atoms with E-state index in [0.29, 0.717) is 13.0 Å². The number of ether oxygens (including phenoxy) is 1. The molecule has 0 fully saturated rings. The van der Waals surface area contributed by atoms with Gasteiger partial charge < -0.3 is 15.8 Å². The number of methoxy groups -OCH3 is 1. The third-order valence-corrected chi connectivity index (χ3v) is 2.86. The average molecular weight is 320 g/mol. The zero-order valence-electron chi connectivity index (χ0n) is 11.3. The number of halogens is 3. The first-order chi connectivity index (χ1) is 9.75. The number of rotatable bonds is 6. The van der Waals surface area contributed by atoms with Gasteiger partial charge in [0.25, 0.3) is 0 Å². The summed E-state index contributed by atoms with van der Waals surface area (Å²) in [4.78, 5) is 11.5. The van der Waals surface area contributed by atoms with E-state index in [1.807, 2.05) is 0 Å². The van der Waals surface area contributed by atoms with E-state index in [1.54, 1.807) is 0 Å². The molecule has 0 aromatic heterocycles. The van der Waals surface area contributed by atoms with E-state index in [1.165, 1.54) is 7.11 Å². The van der Waals surface area contributed by atoms with Gasteiger partial charge in [0.05, 0.1) is 11.3 Å². The number of carbonyl (C=O) groups excluding carboxylic acids is 1. The van der Waals surface area contributed by atoms with Crippen LogP contribution in [0.5, 0.6) is 0 Å². The largest absolute Gasteiger partial charge is 0.416 e. The molecule has 1 amide bonds. The maximum absolute atomic E-state index is 12.6. The third kappa shape index (κ3) is 5.31. The minimum Gasteiger partial charge on any atom is -0.389 e. The molecule has 0 atom stereocenters. The van der Waals surface area contributed by atoms with Gasteiger partial charge in [-0.05, 0) is 24.6 Å². The van der Waals surface area contributed by atoms with Crippen LogP contribution in [0.3, 0.4) is 0 Å². The van der Waals surface area contributed by atoms with Crippen molar-refractivity contribution in [1.29, 1.82) is 0 Å². The molecule has 0 aliphatic carbocycles. The molecule has 1 aromatic carbocycles. The SMILES string of the molecule is COCCCC(=O)Nc1ccc(C(F)(F)F)cc1C(N)=S. The summed E-state index contributed by atoms with van der Waals surface area (Å²) >= 11 is 4.73. The van der Waals surface area contributed by atoms with Crippen LogP contribution in [0.4, 0.5) is 18.9 Å². The first kappa shape index (κ1) is 17.4. The van der Waals surface area contributed by atoms with Crippen molar-refractivity contribution in [2.75, 3.05) is 19.0 Å². The van der Waals surface area contributed by atoms with Crippen LogP contribution in [0.1, 0.15) is 24.0 Å². The molecule has 0 saturated carbocycles. The van der Waals surface area contributed by atoms with Crippen LogP contribution in [0.15, 0.2) is 18.2 Å². The van der Waals surface area contributed by atoms with Gasteiger partial charge in [0.1, 0.15) is 4.99 Å². The standard InChI is InChI=1S/C13H15F3N2O2S/c1-20-6-2-3-11(19)18-10-5-4-8(13(14,15)16)7-9(10)12(17)21/h4-5,7H,2-3,6H2,1H3,(H2,17,21)(H,18,19). The molecule has 4 nitrogen and oxygen atoms in total. The van der Waals surface area contributed by atoms with Crippen LogP contribution >= 0.6 is 12.2 Å². The quantitative estimate of drug-likeness (QED) is 0.625. The van der Waals surface area contributed by atoms with Crippen molar-refractivity contribution in [2.45, 2.75) is 19.0 Å². The number of amides is 1. The van der Waals surface area contributed by atoms with E-state index in [2.05, 4.69) is 5.32 Å². The molecule has 0 heterocycles. The fraction of sp³-hybridized carbons (Fsp3) is 0.385. The maximum Gasteiger partial charge on any atom is 0.416 e. The molecule has 1 rings (SSSR count). The summed E-state index contributed by atoms with van der Waals surface area (Å²) in [6, 6.07) is 2.84. The summed E-state index contributed by atoms with van der Waals surface area (Å²) in [6.45, 7) is 0.419. The fourth-order valence-corrected chi connectivity index (χ4v) is 1.79. The Balaban J connectivity index is 2.92. The van der Waals surface area contributed by atoms with E-state index in [4.69, 9.17) is 22.7 Å². The minimum atomic E-state index is -4.50. The lowest BCUT2D eigenvalue weighted by Crippen LogP contribution is -2.19. The van der Waals surface area contributed by atoms with Gasteiger partial charge in [0.2, 0.25) is 5.91 Å². The monoisotopic (exact) mass is 320 g/mol. The highest BCUT2D eigenvalue weighted by Gasteiger charge is 2.31. The highest BCUT2D eigenvalue weighted by atomic mass is 32.1. The predicted octanol–water partition coefficient (Wildman–Crippen LogP) is 2.70. The Kier molecular flexibility index (Phi) is 6.10. The van der Waals surface area contributed by atoms with Crippen LogP contribution in [0, 0.1) is 0 Å². The van der Waals surface area contributed by atoms with Gasteiger partial charge in [-0.1, -0.05) is 12.2 Å². The van der Waals surface area contributed by atoms with Gasteiger partial charge >= 0.3 is 6.18 Å². The van der Waals surface area contributed by atoms with Crippen molar-refractivity contribution in [2.24, 2.45) is 5.73 Å². The van der Waals surface area contributed by atoms with E-state index in [0.717, 1.165) is 18.2 Å². The lowest BCUT2D eigenvalue weighted by atomic mass is 10.1.